The van der Waals surface area contributed by atoms with Crippen molar-refractivity contribution in [3.05, 3.63) is 18.0 Å². The van der Waals surface area contributed by atoms with Gasteiger partial charge in [0.2, 0.25) is 0 Å². The third kappa shape index (κ3) is 2.93. The van der Waals surface area contributed by atoms with E-state index in [2.05, 4.69) is 21.4 Å². The number of hydrogen-bond donors (Lipinski definition) is 1. The largest absolute Gasteiger partial charge is 0.316 e. The van der Waals surface area contributed by atoms with Crippen LogP contribution in [0.4, 0.5) is 0 Å². The van der Waals surface area contributed by atoms with Crippen LogP contribution in [-0.4, -0.2) is 46.9 Å². The molecule has 1 unspecified atom stereocenters. The predicted molar refractivity (Wildman–Crippen MR) is 72.5 cm³/mol. The van der Waals surface area contributed by atoms with Gasteiger partial charge in [-0.05, 0) is 44.3 Å². The molecule has 0 aromatic carbocycles. The van der Waals surface area contributed by atoms with E-state index in [1.165, 1.54) is 44.6 Å². The Bertz CT molecular complexity index is 383. The summed E-state index contributed by atoms with van der Waals surface area (Å²) in [7, 11) is 2.01. The lowest BCUT2D eigenvalue weighted by molar-refractivity contribution is 0.312. The van der Waals surface area contributed by atoms with Crippen molar-refractivity contribution in [2.75, 3.05) is 26.2 Å². The molecular weight excluding hydrogens is 224 g/mol. The highest BCUT2D eigenvalue weighted by molar-refractivity contribution is 5.00. The van der Waals surface area contributed by atoms with Crippen LogP contribution in [0.25, 0.3) is 0 Å². The first-order valence-corrected chi connectivity index (χ1v) is 7.24. The molecule has 1 saturated carbocycles. The van der Waals surface area contributed by atoms with Crippen molar-refractivity contribution < 1.29 is 0 Å². The lowest BCUT2D eigenvalue weighted by Crippen LogP contribution is -2.28. The average Bonchev–Trinajstić information content (AvgIpc) is 2.98. The van der Waals surface area contributed by atoms with E-state index in [0.29, 0.717) is 0 Å². The number of aromatic nitrogens is 2. The predicted octanol–water partition coefficient (Wildman–Crippen LogP) is 1.04. The molecule has 4 nitrogen and oxygen atoms in total. The zero-order valence-corrected chi connectivity index (χ0v) is 11.3. The Morgan fingerprint density at radius 1 is 1.39 bits per heavy atom. The fourth-order valence-electron chi connectivity index (χ4n) is 2.97. The minimum atomic E-state index is 0.872. The highest BCUT2D eigenvalue weighted by atomic mass is 15.3. The molecule has 2 heterocycles. The molecule has 1 aromatic heterocycles. The van der Waals surface area contributed by atoms with E-state index in [4.69, 9.17) is 0 Å². The Morgan fingerprint density at radius 3 is 3.00 bits per heavy atom. The first-order valence-electron chi connectivity index (χ1n) is 7.24. The summed E-state index contributed by atoms with van der Waals surface area (Å²) in [6, 6.07) is 3.05. The lowest BCUT2D eigenvalue weighted by Gasteiger charge is -2.15. The van der Waals surface area contributed by atoms with Crippen LogP contribution < -0.4 is 5.32 Å². The van der Waals surface area contributed by atoms with Gasteiger partial charge in [-0.1, -0.05) is 0 Å². The Labute approximate surface area is 109 Å². The van der Waals surface area contributed by atoms with Gasteiger partial charge in [-0.2, -0.15) is 5.10 Å². The Hall–Kier alpha value is -0.870. The number of hydrogen-bond acceptors (Lipinski definition) is 3. The van der Waals surface area contributed by atoms with Crippen LogP contribution in [-0.2, 0) is 13.5 Å². The van der Waals surface area contributed by atoms with E-state index >= 15 is 0 Å². The Morgan fingerprint density at radius 2 is 2.28 bits per heavy atom. The number of aryl methyl sites for hydroxylation is 1. The van der Waals surface area contributed by atoms with Crippen LogP contribution >= 0.6 is 0 Å². The van der Waals surface area contributed by atoms with Gasteiger partial charge in [0.15, 0.2) is 0 Å². The van der Waals surface area contributed by atoms with Gasteiger partial charge >= 0.3 is 0 Å². The third-order valence-electron chi connectivity index (χ3n) is 4.29. The molecule has 3 rings (SSSR count). The normalized spacial score (nSPS) is 24.8. The molecule has 1 aliphatic heterocycles. The molecule has 0 spiro atoms. The summed E-state index contributed by atoms with van der Waals surface area (Å²) in [5, 5.41) is 7.80. The van der Waals surface area contributed by atoms with Gasteiger partial charge in [0.1, 0.15) is 0 Å². The molecular formula is C14H24N4. The fraction of sp³-hybridized carbons (Fsp3) is 0.786. The van der Waals surface area contributed by atoms with Crippen LogP contribution in [0, 0.1) is 5.92 Å². The van der Waals surface area contributed by atoms with Crippen molar-refractivity contribution in [1.82, 2.24) is 20.0 Å². The summed E-state index contributed by atoms with van der Waals surface area (Å²) in [5.74, 6) is 0.872. The van der Waals surface area contributed by atoms with E-state index in [9.17, 15) is 0 Å². The molecule has 18 heavy (non-hydrogen) atoms. The van der Waals surface area contributed by atoms with E-state index in [-0.39, 0.29) is 0 Å². The van der Waals surface area contributed by atoms with E-state index in [0.717, 1.165) is 24.9 Å². The van der Waals surface area contributed by atoms with Gasteiger partial charge in [0.05, 0.1) is 0 Å². The number of likely N-dealkylation sites (tertiary alicyclic amines) is 1. The average molecular weight is 248 g/mol. The zero-order valence-electron chi connectivity index (χ0n) is 11.3. The third-order valence-corrected chi connectivity index (χ3v) is 4.29. The van der Waals surface area contributed by atoms with Gasteiger partial charge in [0, 0.05) is 44.5 Å². The Balaban J connectivity index is 1.32. The molecule has 2 aliphatic rings. The van der Waals surface area contributed by atoms with E-state index < -0.39 is 0 Å². The van der Waals surface area contributed by atoms with Crippen molar-refractivity contribution in [3.63, 3.8) is 0 Å². The fourth-order valence-corrected chi connectivity index (χ4v) is 2.97. The van der Waals surface area contributed by atoms with Gasteiger partial charge < -0.3 is 10.2 Å². The van der Waals surface area contributed by atoms with Crippen LogP contribution in [0.3, 0.4) is 0 Å². The number of rotatable bonds is 6. The number of nitrogens with one attached hydrogen (secondary N) is 1. The first kappa shape index (κ1) is 12.2. The zero-order chi connectivity index (χ0) is 12.4. The maximum absolute atomic E-state index is 4.19. The highest BCUT2D eigenvalue weighted by Crippen LogP contribution is 2.31. The molecule has 1 saturated heterocycles. The molecule has 1 N–H and O–H groups in total. The number of nitrogens with zero attached hydrogens (tertiary/aromatic N) is 3. The van der Waals surface area contributed by atoms with Gasteiger partial charge in [-0.25, -0.2) is 0 Å². The molecule has 1 aromatic rings. The van der Waals surface area contributed by atoms with Crippen molar-refractivity contribution >= 4 is 0 Å². The lowest BCUT2D eigenvalue weighted by atomic mass is 10.1. The maximum atomic E-state index is 4.19. The van der Waals surface area contributed by atoms with E-state index in [1.807, 2.05) is 17.9 Å². The SMILES string of the molecule is Cn1nccc1CCNCC1CCN(C2CC2)C1. The van der Waals surface area contributed by atoms with Crippen molar-refractivity contribution in [2.45, 2.75) is 31.7 Å². The molecule has 0 bridgehead atoms. The smallest absolute Gasteiger partial charge is 0.0492 e. The van der Waals surface area contributed by atoms with Crippen LogP contribution in [0.1, 0.15) is 25.0 Å². The standard InChI is InChI=1S/C14H24N4/c1-17-13(5-8-16-17)4-7-15-10-12-6-9-18(11-12)14-2-3-14/h5,8,12,14-15H,2-4,6-7,9-11H2,1H3. The Kier molecular flexibility index (Phi) is 3.66. The van der Waals surface area contributed by atoms with Crippen molar-refractivity contribution in [2.24, 2.45) is 13.0 Å². The maximum Gasteiger partial charge on any atom is 0.0492 e. The molecule has 2 fully saturated rings. The molecule has 0 radical (unpaired) electrons. The van der Waals surface area contributed by atoms with Gasteiger partial charge in [-0.3, -0.25) is 4.68 Å². The van der Waals surface area contributed by atoms with Gasteiger partial charge in [0.25, 0.3) is 0 Å². The second-order valence-electron chi connectivity index (χ2n) is 5.78. The van der Waals surface area contributed by atoms with Crippen LogP contribution in [0.15, 0.2) is 12.3 Å². The summed E-state index contributed by atoms with van der Waals surface area (Å²) >= 11 is 0. The second kappa shape index (κ2) is 5.41. The molecule has 100 valence electrons. The van der Waals surface area contributed by atoms with Gasteiger partial charge in [-0.15, -0.1) is 0 Å². The van der Waals surface area contributed by atoms with E-state index in [1.54, 1.807) is 0 Å². The van der Waals surface area contributed by atoms with Crippen LogP contribution in [0.5, 0.6) is 0 Å². The topological polar surface area (TPSA) is 33.1 Å². The summed E-state index contributed by atoms with van der Waals surface area (Å²) < 4.78 is 1.96. The quantitative estimate of drug-likeness (QED) is 0.764. The summed E-state index contributed by atoms with van der Waals surface area (Å²) in [4.78, 5) is 2.69. The first-order chi connectivity index (χ1) is 8.83. The van der Waals surface area contributed by atoms with Crippen molar-refractivity contribution in [1.29, 1.82) is 0 Å². The van der Waals surface area contributed by atoms with Crippen molar-refractivity contribution in [3.8, 4) is 0 Å². The highest BCUT2D eigenvalue weighted by Gasteiger charge is 2.33. The molecule has 0 amide bonds. The molecule has 1 atom stereocenters. The van der Waals surface area contributed by atoms with Crippen LogP contribution in [0.2, 0.25) is 0 Å². The summed E-state index contributed by atoms with van der Waals surface area (Å²) in [6.45, 7) is 4.91. The minimum Gasteiger partial charge on any atom is -0.316 e. The second-order valence-corrected chi connectivity index (χ2v) is 5.78. The summed E-state index contributed by atoms with van der Waals surface area (Å²) in [6.07, 6.45) is 7.23. The monoisotopic (exact) mass is 248 g/mol. The molecule has 4 heteroatoms. The summed E-state index contributed by atoms with van der Waals surface area (Å²) in [5.41, 5.74) is 1.31. The molecule has 1 aliphatic carbocycles. The minimum absolute atomic E-state index is 0.872.